The minimum absolute atomic E-state index is 0.0439. The van der Waals surface area contributed by atoms with Crippen LogP contribution in [0.1, 0.15) is 32.6 Å². The van der Waals surface area contributed by atoms with Crippen LogP contribution in [0.15, 0.2) is 71.6 Å². The summed E-state index contributed by atoms with van der Waals surface area (Å²) in [5, 5.41) is 10.2. The highest BCUT2D eigenvalue weighted by atomic mass is 32.2. The maximum absolute atomic E-state index is 13.0. The topological polar surface area (TPSA) is 95.9 Å². The van der Waals surface area contributed by atoms with Gasteiger partial charge in [-0.15, -0.1) is 11.6 Å². The summed E-state index contributed by atoms with van der Waals surface area (Å²) in [6, 6.07) is 18.3. The zero-order chi connectivity index (χ0) is 23.3. The molecular formula is C24H22N2O5S. The molecule has 8 heteroatoms. The molecule has 3 aromatic carbocycles. The van der Waals surface area contributed by atoms with Gasteiger partial charge in [0.1, 0.15) is 5.75 Å². The van der Waals surface area contributed by atoms with Gasteiger partial charge in [-0.3, -0.25) is 10.0 Å². The van der Waals surface area contributed by atoms with Crippen LogP contribution in [0.5, 0.6) is 5.75 Å². The number of nitrogens with one attached hydrogen (secondary N) is 1. The van der Waals surface area contributed by atoms with E-state index in [1.165, 1.54) is 31.4 Å². The zero-order valence-corrected chi connectivity index (χ0v) is 18.4. The largest absolute Gasteiger partial charge is 0.497 e. The molecule has 3 rings (SSSR count). The third-order valence-corrected chi connectivity index (χ3v) is 6.08. The lowest BCUT2D eigenvalue weighted by atomic mass is 10.0. The molecule has 0 aliphatic rings. The Labute approximate surface area is 187 Å². The van der Waals surface area contributed by atoms with E-state index in [0.29, 0.717) is 28.9 Å². The van der Waals surface area contributed by atoms with E-state index in [-0.39, 0.29) is 15.6 Å². The number of hydroxylamine groups is 1. The summed E-state index contributed by atoms with van der Waals surface area (Å²) in [7, 11) is -2.82. The van der Waals surface area contributed by atoms with Gasteiger partial charge in [0.15, 0.2) is 0 Å². The smallest absolute Gasteiger partial charge is 0.293 e. The Balaban J connectivity index is 1.91. The Bertz CT molecular complexity index is 1280. The van der Waals surface area contributed by atoms with Gasteiger partial charge in [-0.1, -0.05) is 41.1 Å². The number of hydrazine groups is 1. The third kappa shape index (κ3) is 5.34. The molecule has 1 amide bonds. The molecule has 2 N–H and O–H groups in total. The molecule has 0 aliphatic carbocycles. The van der Waals surface area contributed by atoms with Gasteiger partial charge in [0.2, 0.25) is 0 Å². The predicted molar refractivity (Wildman–Crippen MR) is 120 cm³/mol. The number of benzene rings is 3. The van der Waals surface area contributed by atoms with Crippen LogP contribution < -0.4 is 9.57 Å². The Morgan fingerprint density at radius 2 is 1.84 bits per heavy atom. The molecule has 164 valence electrons. The lowest BCUT2D eigenvalue weighted by Crippen LogP contribution is -2.44. The number of carbonyl (C=O) groups excluding carboxylic acids is 1. The van der Waals surface area contributed by atoms with Crippen LogP contribution in [0.2, 0.25) is 0 Å². The second-order valence-electron chi connectivity index (χ2n) is 7.08. The Hall–Kier alpha value is -3.64. The average molecular weight is 451 g/mol. The second kappa shape index (κ2) is 9.66. The fourth-order valence-corrected chi connectivity index (χ4v) is 4.35. The van der Waals surface area contributed by atoms with E-state index in [4.69, 9.17) is 11.2 Å². The van der Waals surface area contributed by atoms with Crippen molar-refractivity contribution in [3.63, 3.8) is 0 Å². The molecule has 3 aromatic rings. The first-order valence-electron chi connectivity index (χ1n) is 9.58. The monoisotopic (exact) mass is 450 g/mol. The molecule has 0 aliphatic heterocycles. The maximum Gasteiger partial charge on any atom is 0.293 e. The summed E-state index contributed by atoms with van der Waals surface area (Å²) in [6.07, 6.45) is 5.69. The van der Waals surface area contributed by atoms with Crippen molar-refractivity contribution < 1.29 is 23.2 Å². The molecule has 0 fully saturated rings. The van der Waals surface area contributed by atoms with Crippen LogP contribution in [-0.2, 0) is 16.4 Å². The normalized spacial score (nSPS) is 10.9. The molecule has 0 saturated heterocycles. The molecule has 0 bridgehead atoms. The maximum atomic E-state index is 13.0. The molecule has 32 heavy (non-hydrogen) atoms. The summed E-state index contributed by atoms with van der Waals surface area (Å²) in [4.78, 5) is 14.4. The van der Waals surface area contributed by atoms with Crippen LogP contribution in [-0.4, -0.2) is 31.8 Å². The standard InChI is InChI=1S/C24H22N2O5S/c1-4-18-12-17(2)13-21(14-18)24(27)26(28)25-32(29,30)23-11-10-22(31-3)16-20(23)15-19-8-6-5-7-9-19/h1,5-14,16,25,28H,15H2,2-3H3. The fourth-order valence-electron chi connectivity index (χ4n) is 3.22. The van der Waals surface area contributed by atoms with Crippen LogP contribution in [0.4, 0.5) is 0 Å². The summed E-state index contributed by atoms with van der Waals surface area (Å²) >= 11 is 0. The lowest BCUT2D eigenvalue weighted by Gasteiger charge is -2.18. The number of sulfonamides is 1. The number of nitrogens with zero attached hydrogens (tertiary/aromatic N) is 1. The van der Waals surface area contributed by atoms with Crippen molar-refractivity contribution in [1.82, 2.24) is 10.0 Å². The number of hydrogen-bond donors (Lipinski definition) is 2. The van der Waals surface area contributed by atoms with E-state index in [9.17, 15) is 18.4 Å². The fraction of sp³-hybridized carbons (Fsp3) is 0.125. The second-order valence-corrected chi connectivity index (χ2v) is 8.71. The number of hydrogen-bond acceptors (Lipinski definition) is 5. The van der Waals surface area contributed by atoms with E-state index >= 15 is 0 Å². The molecule has 0 heterocycles. The summed E-state index contributed by atoms with van der Waals surface area (Å²) in [6.45, 7) is 1.73. The van der Waals surface area contributed by atoms with Gasteiger partial charge in [0.25, 0.3) is 15.9 Å². The van der Waals surface area contributed by atoms with Gasteiger partial charge in [-0.25, -0.2) is 8.42 Å². The van der Waals surface area contributed by atoms with Gasteiger partial charge < -0.3 is 4.74 Å². The van der Waals surface area contributed by atoms with Gasteiger partial charge >= 0.3 is 0 Å². The average Bonchev–Trinajstić information content (AvgIpc) is 2.78. The van der Waals surface area contributed by atoms with Crippen molar-refractivity contribution in [1.29, 1.82) is 0 Å². The van der Waals surface area contributed by atoms with Crippen LogP contribution in [0, 0.1) is 19.3 Å². The molecule has 0 atom stereocenters. The van der Waals surface area contributed by atoms with E-state index in [0.717, 1.165) is 5.56 Å². The quantitative estimate of drug-likeness (QED) is 0.327. The molecule has 0 saturated carbocycles. The van der Waals surface area contributed by atoms with Crippen molar-refractivity contribution in [3.8, 4) is 18.1 Å². The SMILES string of the molecule is C#Cc1cc(C)cc(C(=O)N(O)NS(=O)(=O)c2ccc(OC)cc2Cc2ccccc2)c1. The van der Waals surface area contributed by atoms with Gasteiger partial charge in [-0.2, -0.15) is 0 Å². The molecule has 0 spiro atoms. The van der Waals surface area contributed by atoms with Crippen molar-refractivity contribution >= 4 is 15.9 Å². The number of methoxy groups -OCH3 is 1. The molecule has 0 radical (unpaired) electrons. The number of amides is 1. The molecule has 0 unspecified atom stereocenters. The van der Waals surface area contributed by atoms with Crippen LogP contribution >= 0.6 is 0 Å². The first kappa shape index (κ1) is 23.0. The van der Waals surface area contributed by atoms with Crippen molar-refractivity contribution in [2.45, 2.75) is 18.2 Å². The minimum Gasteiger partial charge on any atom is -0.497 e. The van der Waals surface area contributed by atoms with Crippen molar-refractivity contribution in [3.05, 3.63) is 94.5 Å². The number of ether oxygens (including phenoxy) is 1. The zero-order valence-electron chi connectivity index (χ0n) is 17.6. The molecular weight excluding hydrogens is 428 g/mol. The van der Waals surface area contributed by atoms with Crippen molar-refractivity contribution in [2.75, 3.05) is 7.11 Å². The number of terminal acetylenes is 1. The Morgan fingerprint density at radius 3 is 2.50 bits per heavy atom. The summed E-state index contributed by atoms with van der Waals surface area (Å²) in [5.74, 6) is 1.93. The Morgan fingerprint density at radius 1 is 1.12 bits per heavy atom. The highest BCUT2D eigenvalue weighted by Crippen LogP contribution is 2.25. The third-order valence-electron chi connectivity index (χ3n) is 4.68. The lowest BCUT2D eigenvalue weighted by molar-refractivity contribution is -0.0761. The highest BCUT2D eigenvalue weighted by molar-refractivity contribution is 7.89. The van der Waals surface area contributed by atoms with E-state index < -0.39 is 15.9 Å². The number of rotatable bonds is 7. The van der Waals surface area contributed by atoms with E-state index in [2.05, 4.69) is 5.92 Å². The van der Waals surface area contributed by atoms with Crippen LogP contribution in [0.25, 0.3) is 0 Å². The number of aryl methyl sites for hydroxylation is 1. The first-order valence-corrected chi connectivity index (χ1v) is 11.1. The minimum atomic E-state index is -4.30. The van der Waals surface area contributed by atoms with Gasteiger partial charge in [-0.05, 0) is 66.4 Å². The molecule has 0 aromatic heterocycles. The first-order chi connectivity index (χ1) is 15.2. The summed E-state index contributed by atoms with van der Waals surface area (Å²) in [5.41, 5.74) is 2.50. The van der Waals surface area contributed by atoms with Gasteiger partial charge in [0, 0.05) is 11.1 Å². The van der Waals surface area contributed by atoms with Gasteiger partial charge in [0.05, 0.1) is 12.0 Å². The predicted octanol–water partition coefficient (Wildman–Crippen LogP) is 3.30. The van der Waals surface area contributed by atoms with E-state index in [1.54, 1.807) is 19.1 Å². The highest BCUT2D eigenvalue weighted by Gasteiger charge is 2.25. The van der Waals surface area contributed by atoms with Crippen molar-refractivity contribution in [2.24, 2.45) is 0 Å². The van der Waals surface area contributed by atoms with Crippen LogP contribution in [0.3, 0.4) is 0 Å². The number of carbonyl (C=O) groups is 1. The summed E-state index contributed by atoms with van der Waals surface area (Å²) < 4.78 is 31.3. The Kier molecular flexibility index (Phi) is 6.95. The molecule has 7 nitrogen and oxygen atoms in total. The van der Waals surface area contributed by atoms with E-state index in [1.807, 2.05) is 35.2 Å².